The normalized spacial score (nSPS) is 12.3. The van der Waals surface area contributed by atoms with Gasteiger partial charge in [0.05, 0.1) is 21.2 Å². The maximum atomic E-state index is 13.4. The highest BCUT2D eigenvalue weighted by Crippen LogP contribution is 2.24. The Morgan fingerprint density at radius 2 is 1.90 bits per heavy atom. The van der Waals surface area contributed by atoms with Gasteiger partial charge in [-0.05, 0) is 12.1 Å². The number of rotatable bonds is 6. The molecule has 0 amide bonds. The molecule has 1 rings (SSSR count). The Labute approximate surface area is 124 Å². The second-order valence-electron chi connectivity index (χ2n) is 3.84. The number of halogens is 2. The average molecular weight is 361 g/mol. The second kappa shape index (κ2) is 6.23. The molecule has 0 saturated heterocycles. The van der Waals surface area contributed by atoms with Crippen LogP contribution in [0, 0.1) is 5.82 Å². The number of sulfonamides is 2. The molecule has 0 saturated carbocycles. The molecule has 0 heterocycles. The number of benzene rings is 1. The lowest BCUT2D eigenvalue weighted by Gasteiger charge is -2.08. The zero-order valence-corrected chi connectivity index (χ0v) is 12.6. The van der Waals surface area contributed by atoms with Gasteiger partial charge in [-0.15, -0.1) is 0 Å². The van der Waals surface area contributed by atoms with Crippen LogP contribution in [0.1, 0.15) is 10.4 Å². The topological polar surface area (TPSA) is 144 Å². The van der Waals surface area contributed by atoms with Crippen LogP contribution in [0.3, 0.4) is 0 Å². The summed E-state index contributed by atoms with van der Waals surface area (Å²) in [4.78, 5) is 10.1. The Morgan fingerprint density at radius 3 is 2.38 bits per heavy atom. The minimum absolute atomic E-state index is 0.522. The zero-order chi connectivity index (χ0) is 16.4. The molecular formula is C9H10ClFN2O6S2. The lowest BCUT2D eigenvalue weighted by molar-refractivity contribution is 0.0696. The second-order valence-corrected chi connectivity index (χ2v) is 7.72. The first kappa shape index (κ1) is 17.8. The van der Waals surface area contributed by atoms with E-state index in [1.807, 2.05) is 4.72 Å². The van der Waals surface area contributed by atoms with Crippen LogP contribution in [-0.2, 0) is 20.0 Å². The van der Waals surface area contributed by atoms with Gasteiger partial charge in [-0.1, -0.05) is 11.6 Å². The number of nitrogens with one attached hydrogen (secondary N) is 1. The zero-order valence-electron chi connectivity index (χ0n) is 10.2. The number of hydrogen-bond donors (Lipinski definition) is 3. The Bertz CT molecular complexity index is 778. The monoisotopic (exact) mass is 360 g/mol. The molecule has 12 heteroatoms. The van der Waals surface area contributed by atoms with Crippen molar-refractivity contribution in [2.45, 2.75) is 4.90 Å². The van der Waals surface area contributed by atoms with Crippen molar-refractivity contribution in [2.75, 3.05) is 12.3 Å². The molecule has 0 fully saturated rings. The van der Waals surface area contributed by atoms with E-state index in [0.29, 0.717) is 12.1 Å². The van der Waals surface area contributed by atoms with E-state index in [4.69, 9.17) is 21.8 Å². The molecule has 0 unspecified atom stereocenters. The number of hydrogen-bond acceptors (Lipinski definition) is 5. The van der Waals surface area contributed by atoms with E-state index >= 15 is 0 Å². The van der Waals surface area contributed by atoms with Crippen molar-refractivity contribution in [3.63, 3.8) is 0 Å². The predicted octanol–water partition coefficient (Wildman–Crippen LogP) is -0.256. The fourth-order valence-corrected chi connectivity index (χ4v) is 3.05. The van der Waals surface area contributed by atoms with E-state index in [9.17, 15) is 26.0 Å². The van der Waals surface area contributed by atoms with E-state index in [1.54, 1.807) is 0 Å². The summed E-state index contributed by atoms with van der Waals surface area (Å²) in [6.45, 7) is -0.548. The minimum Gasteiger partial charge on any atom is -0.478 e. The van der Waals surface area contributed by atoms with Gasteiger partial charge in [-0.3, -0.25) is 0 Å². The highest BCUT2D eigenvalue weighted by Gasteiger charge is 2.22. The van der Waals surface area contributed by atoms with Gasteiger partial charge in [0.25, 0.3) is 0 Å². The van der Waals surface area contributed by atoms with E-state index in [1.165, 1.54) is 0 Å². The Balaban J connectivity index is 3.12. The molecular weight excluding hydrogens is 351 g/mol. The van der Waals surface area contributed by atoms with Crippen LogP contribution >= 0.6 is 11.6 Å². The van der Waals surface area contributed by atoms with Crippen molar-refractivity contribution in [1.82, 2.24) is 4.72 Å². The third-order valence-corrected chi connectivity index (χ3v) is 4.82. The molecule has 0 radical (unpaired) electrons. The minimum atomic E-state index is -4.31. The predicted molar refractivity (Wildman–Crippen MR) is 71.5 cm³/mol. The summed E-state index contributed by atoms with van der Waals surface area (Å²) in [5.41, 5.74) is -0.733. The van der Waals surface area contributed by atoms with Crippen LogP contribution in [-0.4, -0.2) is 40.2 Å². The highest BCUT2D eigenvalue weighted by molar-refractivity contribution is 7.90. The molecule has 21 heavy (non-hydrogen) atoms. The molecule has 1 aromatic rings. The molecule has 118 valence electrons. The van der Waals surface area contributed by atoms with Crippen LogP contribution in [0.4, 0.5) is 4.39 Å². The molecule has 0 aromatic heterocycles. The largest absolute Gasteiger partial charge is 0.478 e. The number of carboxylic acid groups (broad SMARTS) is 1. The van der Waals surface area contributed by atoms with Gasteiger partial charge in [0, 0.05) is 6.54 Å². The summed E-state index contributed by atoms with van der Waals surface area (Å²) in [6.07, 6.45) is 0. The van der Waals surface area contributed by atoms with Crippen LogP contribution in [0.25, 0.3) is 0 Å². The molecule has 0 aliphatic carbocycles. The van der Waals surface area contributed by atoms with E-state index in [2.05, 4.69) is 0 Å². The summed E-state index contributed by atoms with van der Waals surface area (Å²) in [7, 11) is -8.19. The van der Waals surface area contributed by atoms with Gasteiger partial charge in [0.1, 0.15) is 5.82 Å². The summed E-state index contributed by atoms with van der Waals surface area (Å²) in [5.74, 6) is -3.52. The number of carbonyl (C=O) groups is 1. The van der Waals surface area contributed by atoms with Crippen LogP contribution in [0.15, 0.2) is 17.0 Å². The highest BCUT2D eigenvalue weighted by atomic mass is 35.5. The maximum absolute atomic E-state index is 13.4. The number of nitrogens with two attached hydrogens (primary N) is 1. The fourth-order valence-electron chi connectivity index (χ4n) is 1.28. The molecule has 0 aliphatic rings. The molecule has 0 aliphatic heterocycles. The third-order valence-electron chi connectivity index (χ3n) is 2.22. The van der Waals surface area contributed by atoms with Crippen molar-refractivity contribution in [2.24, 2.45) is 5.14 Å². The fraction of sp³-hybridized carbons (Fsp3) is 0.222. The number of carboxylic acids is 1. The van der Waals surface area contributed by atoms with Crippen molar-refractivity contribution in [3.8, 4) is 0 Å². The first-order valence-electron chi connectivity index (χ1n) is 5.16. The van der Waals surface area contributed by atoms with E-state index < -0.39 is 59.6 Å². The SMILES string of the molecule is NS(=O)(=O)CCNS(=O)(=O)c1cc(F)c(Cl)c(C(=O)O)c1. The molecule has 8 nitrogen and oxygen atoms in total. The van der Waals surface area contributed by atoms with Gasteiger partial charge in [0.15, 0.2) is 0 Å². The molecule has 0 atom stereocenters. The Morgan fingerprint density at radius 1 is 1.33 bits per heavy atom. The third kappa shape index (κ3) is 4.89. The van der Waals surface area contributed by atoms with E-state index in [-0.39, 0.29) is 0 Å². The molecule has 0 bridgehead atoms. The van der Waals surface area contributed by atoms with E-state index in [0.717, 1.165) is 0 Å². The van der Waals surface area contributed by atoms with Crippen LogP contribution in [0.5, 0.6) is 0 Å². The molecule has 4 N–H and O–H groups in total. The lowest BCUT2D eigenvalue weighted by Crippen LogP contribution is -2.31. The summed E-state index contributed by atoms with van der Waals surface area (Å²) in [6, 6.07) is 1.18. The summed E-state index contributed by atoms with van der Waals surface area (Å²) >= 11 is 5.41. The van der Waals surface area contributed by atoms with Crippen molar-refractivity contribution >= 4 is 37.6 Å². The van der Waals surface area contributed by atoms with Gasteiger partial charge in [-0.2, -0.15) is 0 Å². The quantitative estimate of drug-likeness (QED) is 0.637. The van der Waals surface area contributed by atoms with Crippen molar-refractivity contribution in [3.05, 3.63) is 28.5 Å². The van der Waals surface area contributed by atoms with Crippen molar-refractivity contribution < 1.29 is 31.1 Å². The summed E-state index contributed by atoms with van der Waals surface area (Å²) < 4.78 is 60.3. The smallest absolute Gasteiger partial charge is 0.337 e. The van der Waals surface area contributed by atoms with Crippen LogP contribution in [0.2, 0.25) is 5.02 Å². The molecule has 1 aromatic carbocycles. The lowest BCUT2D eigenvalue weighted by atomic mass is 10.2. The number of primary sulfonamides is 1. The first-order chi connectivity index (χ1) is 9.44. The number of aromatic carboxylic acids is 1. The standard InChI is InChI=1S/C9H10ClFN2O6S2/c10-8-6(9(14)15)3-5(4-7(8)11)21(18,19)13-1-2-20(12,16)17/h3-4,13H,1-2H2,(H,14,15)(H2,12,16,17). The van der Waals surface area contributed by atoms with Gasteiger partial charge in [0.2, 0.25) is 20.0 Å². The maximum Gasteiger partial charge on any atom is 0.337 e. The van der Waals surface area contributed by atoms with Gasteiger partial charge >= 0.3 is 5.97 Å². The average Bonchev–Trinajstić information content (AvgIpc) is 2.29. The summed E-state index contributed by atoms with van der Waals surface area (Å²) in [5, 5.41) is 12.8. The van der Waals surface area contributed by atoms with Gasteiger partial charge in [-0.25, -0.2) is 35.9 Å². The first-order valence-corrected chi connectivity index (χ1v) is 8.74. The Hall–Kier alpha value is -1.27. The van der Waals surface area contributed by atoms with Crippen LogP contribution < -0.4 is 9.86 Å². The van der Waals surface area contributed by atoms with Gasteiger partial charge < -0.3 is 5.11 Å². The molecule has 0 spiro atoms. The van der Waals surface area contributed by atoms with Crippen molar-refractivity contribution in [1.29, 1.82) is 0 Å². The Kier molecular flexibility index (Phi) is 5.28.